The second-order valence-corrected chi connectivity index (χ2v) is 4.87. The number of H-pyrrole nitrogens is 1. The van der Waals surface area contributed by atoms with E-state index < -0.39 is 0 Å². The fourth-order valence-corrected chi connectivity index (χ4v) is 2.32. The lowest BCUT2D eigenvalue weighted by Crippen LogP contribution is -2.27. The van der Waals surface area contributed by atoms with E-state index in [1.807, 2.05) is 6.92 Å². The summed E-state index contributed by atoms with van der Waals surface area (Å²) < 4.78 is 0. The normalized spacial score (nSPS) is 24.8. The van der Waals surface area contributed by atoms with Crippen molar-refractivity contribution in [1.29, 1.82) is 0 Å². The number of carbonyl (C=O) groups is 1. The minimum absolute atomic E-state index is 0.0569. The topological polar surface area (TPSA) is 84.7 Å². The minimum atomic E-state index is 0.0569. The first-order valence-corrected chi connectivity index (χ1v) is 6.39. The van der Waals surface area contributed by atoms with E-state index in [4.69, 9.17) is 5.73 Å². The van der Waals surface area contributed by atoms with Crippen LogP contribution in [0.15, 0.2) is 0 Å². The summed E-state index contributed by atoms with van der Waals surface area (Å²) in [5.74, 6) is 1.64. The maximum atomic E-state index is 11.9. The van der Waals surface area contributed by atoms with Gasteiger partial charge >= 0.3 is 0 Å². The summed E-state index contributed by atoms with van der Waals surface area (Å²) in [4.78, 5) is 16.1. The van der Waals surface area contributed by atoms with Crippen LogP contribution in [0.2, 0.25) is 0 Å². The highest BCUT2D eigenvalue weighted by Gasteiger charge is 2.23. The first kappa shape index (κ1) is 12.2. The van der Waals surface area contributed by atoms with Crippen LogP contribution in [0, 0.1) is 5.92 Å². The maximum Gasteiger partial charge on any atom is 0.217 e. The van der Waals surface area contributed by atoms with Crippen molar-refractivity contribution in [3.05, 3.63) is 11.6 Å². The number of nitrogens with zero attached hydrogens (tertiary/aromatic N) is 2. The molecule has 17 heavy (non-hydrogen) atoms. The van der Waals surface area contributed by atoms with Gasteiger partial charge in [0.15, 0.2) is 0 Å². The Balaban J connectivity index is 1.88. The number of hydrogen-bond acceptors (Lipinski definition) is 4. The highest BCUT2D eigenvalue weighted by Crippen LogP contribution is 2.26. The molecule has 0 atom stereocenters. The Hall–Kier alpha value is -1.23. The van der Waals surface area contributed by atoms with Gasteiger partial charge in [0.2, 0.25) is 11.6 Å². The number of nitrogens with two attached hydrogens (primary N) is 1. The standard InChI is InChI=1S/C12H20N4O/c1-2-11-14-12(16-15-11)10(17)7-8-3-5-9(13)6-4-8/h8-9H,2-7,13H2,1H3,(H,14,15,16). The van der Waals surface area contributed by atoms with Gasteiger partial charge in [0.25, 0.3) is 0 Å². The van der Waals surface area contributed by atoms with E-state index in [0.717, 1.165) is 37.9 Å². The molecule has 3 N–H and O–H groups in total. The summed E-state index contributed by atoms with van der Waals surface area (Å²) in [6.07, 6.45) is 5.51. The molecule has 0 radical (unpaired) electrons. The molecule has 0 bridgehead atoms. The van der Waals surface area contributed by atoms with Crippen molar-refractivity contribution in [2.75, 3.05) is 0 Å². The second kappa shape index (κ2) is 5.40. The van der Waals surface area contributed by atoms with Crippen LogP contribution in [0.25, 0.3) is 0 Å². The molecule has 0 unspecified atom stereocenters. The number of aromatic amines is 1. The average Bonchev–Trinajstić information content (AvgIpc) is 2.81. The Morgan fingerprint density at radius 2 is 2.12 bits per heavy atom. The fourth-order valence-electron chi connectivity index (χ4n) is 2.32. The predicted octanol–water partition coefficient (Wildman–Crippen LogP) is 1.46. The molecule has 0 aliphatic heterocycles. The predicted molar refractivity (Wildman–Crippen MR) is 64.6 cm³/mol. The number of nitrogens with one attached hydrogen (secondary N) is 1. The highest BCUT2D eigenvalue weighted by molar-refractivity contribution is 5.92. The van der Waals surface area contributed by atoms with Gasteiger partial charge in [0.1, 0.15) is 5.82 Å². The van der Waals surface area contributed by atoms with Gasteiger partial charge < -0.3 is 5.73 Å². The number of Topliss-reactive ketones (excluding diaryl/α,β-unsaturated/α-hetero) is 1. The summed E-state index contributed by atoms with van der Waals surface area (Å²) >= 11 is 0. The third kappa shape index (κ3) is 3.12. The van der Waals surface area contributed by atoms with Crippen LogP contribution in [0.5, 0.6) is 0 Å². The lowest BCUT2D eigenvalue weighted by molar-refractivity contribution is 0.0938. The van der Waals surface area contributed by atoms with E-state index >= 15 is 0 Å². The van der Waals surface area contributed by atoms with Gasteiger partial charge in [-0.05, 0) is 31.6 Å². The van der Waals surface area contributed by atoms with Crippen molar-refractivity contribution in [3.63, 3.8) is 0 Å². The summed E-state index contributed by atoms with van der Waals surface area (Å²) in [5, 5.41) is 6.74. The number of aromatic nitrogens is 3. The van der Waals surface area contributed by atoms with E-state index in [9.17, 15) is 4.79 Å². The van der Waals surface area contributed by atoms with Gasteiger partial charge in [0.05, 0.1) is 0 Å². The maximum absolute atomic E-state index is 11.9. The molecule has 1 aromatic heterocycles. The number of rotatable bonds is 4. The molecule has 5 nitrogen and oxygen atoms in total. The van der Waals surface area contributed by atoms with Crippen LogP contribution in [0.3, 0.4) is 0 Å². The molecule has 0 spiro atoms. The minimum Gasteiger partial charge on any atom is -0.328 e. The SMILES string of the molecule is CCc1nc(C(=O)CC2CCC(N)CC2)n[nH]1. The van der Waals surface area contributed by atoms with E-state index in [-0.39, 0.29) is 5.78 Å². The zero-order valence-electron chi connectivity index (χ0n) is 10.3. The number of carbonyl (C=O) groups excluding carboxylic acids is 1. The molecule has 1 saturated carbocycles. The van der Waals surface area contributed by atoms with E-state index in [1.54, 1.807) is 0 Å². The first-order chi connectivity index (χ1) is 8.19. The number of ketones is 1. The van der Waals surface area contributed by atoms with Crippen LogP contribution < -0.4 is 5.73 Å². The van der Waals surface area contributed by atoms with Crippen molar-refractivity contribution in [2.45, 2.75) is 51.5 Å². The average molecular weight is 236 g/mol. The van der Waals surface area contributed by atoms with Crippen LogP contribution in [-0.4, -0.2) is 27.0 Å². The summed E-state index contributed by atoms with van der Waals surface area (Å²) in [6, 6.07) is 0.330. The summed E-state index contributed by atoms with van der Waals surface area (Å²) in [5.41, 5.74) is 5.85. The monoisotopic (exact) mass is 236 g/mol. The fraction of sp³-hybridized carbons (Fsp3) is 0.750. The van der Waals surface area contributed by atoms with Crippen LogP contribution in [-0.2, 0) is 6.42 Å². The van der Waals surface area contributed by atoms with Gasteiger partial charge in [-0.25, -0.2) is 4.98 Å². The summed E-state index contributed by atoms with van der Waals surface area (Å²) in [6.45, 7) is 1.98. The molecule has 0 aromatic carbocycles. The third-order valence-corrected chi connectivity index (χ3v) is 3.48. The Morgan fingerprint density at radius 1 is 1.41 bits per heavy atom. The molecule has 94 valence electrons. The largest absolute Gasteiger partial charge is 0.328 e. The number of aryl methyl sites for hydroxylation is 1. The molecule has 0 saturated heterocycles. The molecule has 0 amide bonds. The quantitative estimate of drug-likeness (QED) is 0.775. The van der Waals surface area contributed by atoms with Gasteiger partial charge in [-0.15, -0.1) is 0 Å². The van der Waals surface area contributed by atoms with Crippen LogP contribution in [0.4, 0.5) is 0 Å². The zero-order chi connectivity index (χ0) is 12.3. The Labute approximate surface area is 101 Å². The van der Waals surface area contributed by atoms with Crippen molar-refractivity contribution in [3.8, 4) is 0 Å². The molecule has 2 rings (SSSR count). The highest BCUT2D eigenvalue weighted by atomic mass is 16.1. The van der Waals surface area contributed by atoms with Crippen LogP contribution in [0.1, 0.15) is 55.5 Å². The van der Waals surface area contributed by atoms with Crippen molar-refractivity contribution >= 4 is 5.78 Å². The Morgan fingerprint density at radius 3 is 2.71 bits per heavy atom. The second-order valence-electron chi connectivity index (χ2n) is 4.87. The van der Waals surface area contributed by atoms with E-state index in [1.165, 1.54) is 0 Å². The zero-order valence-corrected chi connectivity index (χ0v) is 10.3. The summed E-state index contributed by atoms with van der Waals surface area (Å²) in [7, 11) is 0. The Kier molecular flexibility index (Phi) is 3.89. The molecular formula is C12H20N4O. The van der Waals surface area contributed by atoms with Crippen molar-refractivity contribution in [2.24, 2.45) is 11.7 Å². The third-order valence-electron chi connectivity index (χ3n) is 3.48. The van der Waals surface area contributed by atoms with Crippen molar-refractivity contribution < 1.29 is 4.79 Å². The molecule has 1 aromatic rings. The lowest BCUT2D eigenvalue weighted by atomic mass is 9.83. The molecule has 1 aliphatic carbocycles. The van der Waals surface area contributed by atoms with Gasteiger partial charge in [-0.1, -0.05) is 6.92 Å². The molecule has 1 heterocycles. The lowest BCUT2D eigenvalue weighted by Gasteiger charge is -2.25. The molecule has 1 aliphatic rings. The van der Waals surface area contributed by atoms with Crippen molar-refractivity contribution in [1.82, 2.24) is 15.2 Å². The van der Waals surface area contributed by atoms with Gasteiger partial charge in [0, 0.05) is 18.9 Å². The molecular weight excluding hydrogens is 216 g/mol. The number of hydrogen-bond donors (Lipinski definition) is 2. The van der Waals surface area contributed by atoms with Crippen LogP contribution >= 0.6 is 0 Å². The smallest absolute Gasteiger partial charge is 0.217 e. The molecule has 5 heteroatoms. The first-order valence-electron chi connectivity index (χ1n) is 6.39. The van der Waals surface area contributed by atoms with E-state index in [2.05, 4.69) is 15.2 Å². The van der Waals surface area contributed by atoms with Gasteiger partial charge in [-0.3, -0.25) is 9.89 Å². The molecule has 1 fully saturated rings. The van der Waals surface area contributed by atoms with Gasteiger partial charge in [-0.2, -0.15) is 5.10 Å². The van der Waals surface area contributed by atoms with E-state index in [0.29, 0.717) is 24.2 Å². The Bertz CT molecular complexity index is 380.